The molecule has 0 aromatic rings. The highest BCUT2D eigenvalue weighted by Gasteiger charge is 2.14. The number of carbonyl (C=O) groups excluding carboxylic acids is 2. The van der Waals surface area contributed by atoms with Gasteiger partial charge in [0.1, 0.15) is 0 Å². The fraction of sp³-hybridized carbons (Fsp3) is 0.875. The Kier molecular flexibility index (Phi) is 13.6. The van der Waals surface area contributed by atoms with Gasteiger partial charge < -0.3 is 9.47 Å². The van der Waals surface area contributed by atoms with Gasteiger partial charge in [-0.15, -0.1) is 0 Å². The Balaban J connectivity index is 3.20. The van der Waals surface area contributed by atoms with Gasteiger partial charge >= 0.3 is 5.97 Å². The van der Waals surface area contributed by atoms with Crippen LogP contribution in [0.4, 0.5) is 0 Å². The molecule has 1 unspecified atom stereocenters. The minimum absolute atomic E-state index is 0.270. The van der Waals surface area contributed by atoms with E-state index in [0.717, 1.165) is 12.8 Å². The first kappa shape index (κ1) is 18.9. The van der Waals surface area contributed by atoms with Gasteiger partial charge in [0, 0.05) is 0 Å². The molecule has 4 nitrogen and oxygen atoms in total. The van der Waals surface area contributed by atoms with Crippen molar-refractivity contribution < 1.29 is 19.1 Å². The summed E-state index contributed by atoms with van der Waals surface area (Å²) in [6.07, 6.45) is 11.7. The third kappa shape index (κ3) is 12.0. The van der Waals surface area contributed by atoms with Crippen LogP contribution in [0.25, 0.3) is 0 Å². The first-order valence-corrected chi connectivity index (χ1v) is 7.98. The fourth-order valence-electron chi connectivity index (χ4n) is 2.02. The second-order valence-corrected chi connectivity index (χ2v) is 5.22. The molecule has 0 N–H and O–H groups in total. The molecule has 0 amide bonds. The molecule has 1 atom stereocenters. The first-order chi connectivity index (χ1) is 9.72. The molecule has 0 aliphatic carbocycles. The van der Waals surface area contributed by atoms with Gasteiger partial charge in [0.25, 0.3) is 6.47 Å². The van der Waals surface area contributed by atoms with Crippen molar-refractivity contribution in [3.63, 3.8) is 0 Å². The summed E-state index contributed by atoms with van der Waals surface area (Å²) in [6.45, 7) is 4.43. The van der Waals surface area contributed by atoms with Gasteiger partial charge in [0.2, 0.25) is 0 Å². The second kappa shape index (κ2) is 14.4. The zero-order chi connectivity index (χ0) is 15.1. The first-order valence-electron chi connectivity index (χ1n) is 7.98. The predicted molar refractivity (Wildman–Crippen MR) is 79.4 cm³/mol. The van der Waals surface area contributed by atoms with E-state index in [9.17, 15) is 9.59 Å². The SMILES string of the molecule is CCCCCCCCCCCCOC(=O)C(C)OC=O. The highest BCUT2D eigenvalue weighted by Crippen LogP contribution is 2.10. The minimum Gasteiger partial charge on any atom is -0.463 e. The molecule has 4 heteroatoms. The molecule has 0 aromatic carbocycles. The number of rotatable bonds is 14. The Labute approximate surface area is 123 Å². The molecule has 0 heterocycles. The number of hydrogen-bond donors (Lipinski definition) is 0. The van der Waals surface area contributed by atoms with E-state index in [1.165, 1.54) is 58.3 Å². The van der Waals surface area contributed by atoms with E-state index in [4.69, 9.17) is 4.74 Å². The number of hydrogen-bond acceptors (Lipinski definition) is 4. The number of carbonyl (C=O) groups is 2. The van der Waals surface area contributed by atoms with E-state index in [1.807, 2.05) is 0 Å². The highest BCUT2D eigenvalue weighted by atomic mass is 16.6. The topological polar surface area (TPSA) is 52.6 Å². The van der Waals surface area contributed by atoms with Gasteiger partial charge in [0.05, 0.1) is 6.61 Å². The van der Waals surface area contributed by atoms with Crippen molar-refractivity contribution in [3.8, 4) is 0 Å². The van der Waals surface area contributed by atoms with Gasteiger partial charge in [0.15, 0.2) is 6.10 Å². The van der Waals surface area contributed by atoms with E-state index < -0.39 is 12.1 Å². The monoisotopic (exact) mass is 286 g/mol. The van der Waals surface area contributed by atoms with E-state index >= 15 is 0 Å². The summed E-state index contributed by atoms with van der Waals surface area (Å²) in [5.74, 6) is -0.465. The predicted octanol–water partition coefficient (Wildman–Crippen LogP) is 4.01. The lowest BCUT2D eigenvalue weighted by molar-refractivity contribution is -0.160. The van der Waals surface area contributed by atoms with Crippen LogP contribution in [0.15, 0.2) is 0 Å². The van der Waals surface area contributed by atoms with Gasteiger partial charge in [-0.1, -0.05) is 64.7 Å². The molecule has 0 radical (unpaired) electrons. The summed E-state index contributed by atoms with van der Waals surface area (Å²) < 4.78 is 9.50. The van der Waals surface area contributed by atoms with Crippen molar-refractivity contribution in [2.24, 2.45) is 0 Å². The quantitative estimate of drug-likeness (QED) is 0.275. The van der Waals surface area contributed by atoms with Gasteiger partial charge in [-0.05, 0) is 13.3 Å². The summed E-state index contributed by atoms with van der Waals surface area (Å²) in [4.78, 5) is 21.3. The summed E-state index contributed by atoms with van der Waals surface area (Å²) >= 11 is 0. The van der Waals surface area contributed by atoms with Gasteiger partial charge in [-0.2, -0.15) is 0 Å². The van der Waals surface area contributed by atoms with Crippen LogP contribution in [-0.2, 0) is 19.1 Å². The zero-order valence-corrected chi connectivity index (χ0v) is 13.1. The molecule has 0 aromatic heterocycles. The summed E-state index contributed by atoms with van der Waals surface area (Å²) in [5, 5.41) is 0. The zero-order valence-electron chi connectivity index (χ0n) is 13.1. The standard InChI is InChI=1S/C16H30O4/c1-3-4-5-6-7-8-9-10-11-12-13-19-16(18)15(2)20-14-17/h14-15H,3-13H2,1-2H3. The Bertz CT molecular complexity index is 241. The third-order valence-corrected chi connectivity index (χ3v) is 3.33. The maximum atomic E-state index is 11.3. The molecule has 20 heavy (non-hydrogen) atoms. The average Bonchev–Trinajstić information content (AvgIpc) is 2.44. The lowest BCUT2D eigenvalue weighted by Crippen LogP contribution is -2.23. The van der Waals surface area contributed by atoms with Gasteiger partial charge in [-0.25, -0.2) is 4.79 Å². The van der Waals surface area contributed by atoms with Crippen LogP contribution in [0, 0.1) is 0 Å². The number of ether oxygens (including phenoxy) is 2. The summed E-state index contributed by atoms with van der Waals surface area (Å²) in [7, 11) is 0. The molecule has 0 spiro atoms. The molecule has 0 saturated heterocycles. The highest BCUT2D eigenvalue weighted by molar-refractivity contribution is 5.75. The van der Waals surface area contributed by atoms with Crippen LogP contribution in [0.1, 0.15) is 78.1 Å². The van der Waals surface area contributed by atoms with Crippen molar-refractivity contribution in [2.45, 2.75) is 84.2 Å². The molecule has 118 valence electrons. The van der Waals surface area contributed by atoms with Crippen LogP contribution >= 0.6 is 0 Å². The largest absolute Gasteiger partial charge is 0.463 e. The fourth-order valence-corrected chi connectivity index (χ4v) is 2.02. The smallest absolute Gasteiger partial charge is 0.347 e. The summed E-state index contributed by atoms with van der Waals surface area (Å²) in [5.41, 5.74) is 0. The minimum atomic E-state index is -0.796. The Morgan fingerprint density at radius 1 is 0.950 bits per heavy atom. The van der Waals surface area contributed by atoms with Crippen LogP contribution in [-0.4, -0.2) is 25.2 Å². The van der Waals surface area contributed by atoms with Gasteiger partial charge in [-0.3, -0.25) is 4.79 Å². The van der Waals surface area contributed by atoms with Crippen molar-refractivity contribution >= 4 is 12.4 Å². The van der Waals surface area contributed by atoms with E-state index in [0.29, 0.717) is 6.61 Å². The van der Waals surface area contributed by atoms with E-state index in [2.05, 4.69) is 11.7 Å². The Hall–Kier alpha value is -1.06. The molecule has 0 saturated carbocycles. The van der Waals surface area contributed by atoms with Crippen molar-refractivity contribution in [2.75, 3.05) is 6.61 Å². The maximum Gasteiger partial charge on any atom is 0.347 e. The molecule has 0 aliphatic rings. The molecular formula is C16H30O4. The van der Waals surface area contributed by atoms with Crippen LogP contribution in [0.3, 0.4) is 0 Å². The normalized spacial score (nSPS) is 11.9. The van der Waals surface area contributed by atoms with E-state index in [1.54, 1.807) is 0 Å². The van der Waals surface area contributed by atoms with Crippen molar-refractivity contribution in [3.05, 3.63) is 0 Å². The van der Waals surface area contributed by atoms with Crippen LogP contribution in [0.5, 0.6) is 0 Å². The molecule has 0 bridgehead atoms. The summed E-state index contributed by atoms with van der Waals surface area (Å²) in [6, 6.07) is 0. The molecule has 0 fully saturated rings. The lowest BCUT2D eigenvalue weighted by Gasteiger charge is -2.09. The Morgan fingerprint density at radius 3 is 1.95 bits per heavy atom. The lowest BCUT2D eigenvalue weighted by atomic mass is 10.1. The average molecular weight is 286 g/mol. The van der Waals surface area contributed by atoms with Crippen molar-refractivity contribution in [1.82, 2.24) is 0 Å². The third-order valence-electron chi connectivity index (χ3n) is 3.33. The molecule has 0 aliphatic heterocycles. The van der Waals surface area contributed by atoms with Crippen LogP contribution in [0.2, 0.25) is 0 Å². The van der Waals surface area contributed by atoms with Crippen LogP contribution < -0.4 is 0 Å². The molecule has 0 rings (SSSR count). The Morgan fingerprint density at radius 2 is 1.45 bits per heavy atom. The van der Waals surface area contributed by atoms with Crippen molar-refractivity contribution in [1.29, 1.82) is 0 Å². The molecular weight excluding hydrogens is 256 g/mol. The number of esters is 1. The number of unbranched alkanes of at least 4 members (excludes halogenated alkanes) is 9. The maximum absolute atomic E-state index is 11.3. The second-order valence-electron chi connectivity index (χ2n) is 5.22. The van der Waals surface area contributed by atoms with E-state index in [-0.39, 0.29) is 6.47 Å².